The molecule has 3 aromatic heterocycles. The second kappa shape index (κ2) is 12.1. The maximum atomic E-state index is 13.9. The van der Waals surface area contributed by atoms with Gasteiger partial charge in [-0.15, -0.1) is 0 Å². The molecule has 0 spiro atoms. The van der Waals surface area contributed by atoms with E-state index in [9.17, 15) is 9.59 Å². The maximum Gasteiger partial charge on any atom is 0.267 e. The smallest absolute Gasteiger partial charge is 0.267 e. The minimum absolute atomic E-state index is 0.212. The Morgan fingerprint density at radius 1 is 1.07 bits per heavy atom. The highest BCUT2D eigenvalue weighted by Crippen LogP contribution is 2.35. The molecule has 0 bridgehead atoms. The van der Waals surface area contributed by atoms with E-state index in [0.717, 1.165) is 11.3 Å². The summed E-state index contributed by atoms with van der Waals surface area (Å²) in [7, 11) is 3.38. The third-order valence-electron chi connectivity index (χ3n) is 7.34. The van der Waals surface area contributed by atoms with E-state index < -0.39 is 6.04 Å². The van der Waals surface area contributed by atoms with Crippen LogP contribution in [0.2, 0.25) is 5.02 Å². The Morgan fingerprint density at radius 3 is 2.57 bits per heavy atom. The highest BCUT2D eigenvalue weighted by atomic mass is 35.5. The van der Waals surface area contributed by atoms with Crippen molar-refractivity contribution in [2.45, 2.75) is 24.7 Å². The van der Waals surface area contributed by atoms with Gasteiger partial charge in [0.1, 0.15) is 28.8 Å². The van der Waals surface area contributed by atoms with Crippen LogP contribution >= 0.6 is 23.4 Å². The van der Waals surface area contributed by atoms with Crippen molar-refractivity contribution in [3.63, 3.8) is 0 Å². The topological polar surface area (TPSA) is 118 Å². The van der Waals surface area contributed by atoms with Crippen molar-refractivity contribution in [1.82, 2.24) is 29.4 Å². The molecule has 1 atom stereocenters. The molecule has 1 aliphatic rings. The molecule has 0 saturated heterocycles. The van der Waals surface area contributed by atoms with Gasteiger partial charge in [-0.3, -0.25) is 19.1 Å². The fourth-order valence-electron chi connectivity index (χ4n) is 5.21. The Morgan fingerprint density at radius 2 is 1.86 bits per heavy atom. The molecular formula is C31H29ClN8O3S. The monoisotopic (exact) mass is 628 g/mol. The van der Waals surface area contributed by atoms with Gasteiger partial charge in [0.25, 0.3) is 11.5 Å². The van der Waals surface area contributed by atoms with Gasteiger partial charge in [0, 0.05) is 19.8 Å². The first-order valence-electron chi connectivity index (χ1n) is 13.8. The van der Waals surface area contributed by atoms with E-state index >= 15 is 0 Å². The number of fused-ring (bicyclic) bond motifs is 2. The quantitative estimate of drug-likeness (QED) is 0.182. The molecule has 4 heterocycles. The molecule has 1 N–H and O–H groups in total. The van der Waals surface area contributed by atoms with Gasteiger partial charge in [0.2, 0.25) is 0 Å². The molecule has 0 saturated carbocycles. The van der Waals surface area contributed by atoms with Gasteiger partial charge >= 0.3 is 0 Å². The van der Waals surface area contributed by atoms with Crippen LogP contribution in [0, 0.1) is 0 Å². The molecule has 1 amide bonds. The molecule has 0 fully saturated rings. The Hall–Kier alpha value is -4.68. The number of benzene rings is 2. The van der Waals surface area contributed by atoms with Crippen molar-refractivity contribution in [3.05, 3.63) is 99.3 Å². The molecule has 5 aromatic rings. The van der Waals surface area contributed by atoms with Crippen molar-refractivity contribution >= 4 is 51.8 Å². The predicted octanol–water partition coefficient (Wildman–Crippen LogP) is 5.18. The summed E-state index contributed by atoms with van der Waals surface area (Å²) in [5, 5.41) is 4.52. The highest BCUT2D eigenvalue weighted by molar-refractivity contribution is 7.98. The van der Waals surface area contributed by atoms with Crippen LogP contribution in [0.1, 0.15) is 34.7 Å². The molecule has 0 unspecified atom stereocenters. The van der Waals surface area contributed by atoms with Crippen LogP contribution in [0.4, 0.5) is 11.6 Å². The van der Waals surface area contributed by atoms with Crippen molar-refractivity contribution in [1.29, 1.82) is 0 Å². The first-order valence-corrected chi connectivity index (χ1v) is 15.4. The zero-order chi connectivity index (χ0) is 31.0. The van der Waals surface area contributed by atoms with Gasteiger partial charge in [-0.1, -0.05) is 41.6 Å². The Balaban J connectivity index is 1.46. The van der Waals surface area contributed by atoms with Gasteiger partial charge in [0.15, 0.2) is 5.16 Å². The van der Waals surface area contributed by atoms with E-state index in [4.69, 9.17) is 31.3 Å². The van der Waals surface area contributed by atoms with Crippen molar-refractivity contribution in [2.24, 2.45) is 0 Å². The van der Waals surface area contributed by atoms with Crippen LogP contribution in [-0.4, -0.2) is 62.4 Å². The molecule has 0 radical (unpaired) electrons. The fourth-order valence-corrected chi connectivity index (χ4v) is 5.82. The van der Waals surface area contributed by atoms with Crippen LogP contribution in [0.3, 0.4) is 0 Å². The highest BCUT2D eigenvalue weighted by Gasteiger charge is 2.34. The van der Waals surface area contributed by atoms with Gasteiger partial charge in [0.05, 0.1) is 47.6 Å². The lowest BCUT2D eigenvalue weighted by Crippen LogP contribution is -2.45. The first kappa shape index (κ1) is 29.4. The molecular weight excluding hydrogens is 600 g/mol. The average molecular weight is 629 g/mol. The summed E-state index contributed by atoms with van der Waals surface area (Å²) >= 11 is 7.83. The minimum Gasteiger partial charge on any atom is -0.497 e. The van der Waals surface area contributed by atoms with Crippen LogP contribution in [0.25, 0.3) is 16.6 Å². The number of rotatable bonds is 8. The zero-order valence-electron chi connectivity index (χ0n) is 24.5. The summed E-state index contributed by atoms with van der Waals surface area (Å²) in [6.45, 7) is 2.73. The molecule has 2 aromatic carbocycles. The molecule has 1 aliphatic heterocycles. The number of carbonyl (C=O) groups excluding carboxylic acids is 1. The van der Waals surface area contributed by atoms with Gasteiger partial charge in [-0.25, -0.2) is 15.0 Å². The average Bonchev–Trinajstić information content (AvgIpc) is 3.03. The number of halogens is 1. The predicted molar refractivity (Wildman–Crippen MR) is 172 cm³/mol. The number of nitrogens with zero attached hydrogens (tertiary/aromatic N) is 7. The first-order chi connectivity index (χ1) is 21.3. The number of nitrogens with one attached hydrogen (secondary N) is 1. The number of carbonyl (C=O) groups is 1. The summed E-state index contributed by atoms with van der Waals surface area (Å²) in [5.74, 6) is 1.84. The number of ether oxygens (including phenoxy) is 1. The lowest BCUT2D eigenvalue weighted by Gasteiger charge is -2.36. The lowest BCUT2D eigenvalue weighted by molar-refractivity contribution is 0.0780. The summed E-state index contributed by atoms with van der Waals surface area (Å²) in [5.41, 5.74) is 2.05. The number of methoxy groups -OCH3 is 1. The SMILES string of the molecule is COc1ccc(CN2CN(C)C(=O)c3c(N[C@@H](C)c4nc5cccc(Cl)c5c(=O)n4-c4cccnc4)nc(SC)nc32)cc1. The Labute approximate surface area is 262 Å². The normalized spacial score (nSPS) is 13.6. The van der Waals surface area contributed by atoms with Crippen LogP contribution in [0.15, 0.2) is 76.9 Å². The molecule has 6 rings (SSSR count). The number of hydrogen-bond donors (Lipinski definition) is 1. The zero-order valence-corrected chi connectivity index (χ0v) is 26.1. The van der Waals surface area contributed by atoms with E-state index in [-0.39, 0.29) is 11.5 Å². The summed E-state index contributed by atoms with van der Waals surface area (Å²) in [6, 6.07) is 15.9. The molecule has 44 heavy (non-hydrogen) atoms. The second-order valence-electron chi connectivity index (χ2n) is 10.3. The van der Waals surface area contributed by atoms with Gasteiger partial charge < -0.3 is 19.9 Å². The maximum absolute atomic E-state index is 13.9. The number of pyridine rings is 1. The molecule has 0 aliphatic carbocycles. The molecule has 13 heteroatoms. The number of amides is 1. The third kappa shape index (κ3) is 5.42. The van der Waals surface area contributed by atoms with Gasteiger partial charge in [-0.05, 0) is 55.1 Å². The largest absolute Gasteiger partial charge is 0.497 e. The van der Waals surface area contributed by atoms with Crippen LogP contribution in [-0.2, 0) is 6.54 Å². The van der Waals surface area contributed by atoms with Crippen molar-refractivity contribution < 1.29 is 9.53 Å². The number of hydrogen-bond acceptors (Lipinski definition) is 10. The Bertz CT molecular complexity index is 1920. The summed E-state index contributed by atoms with van der Waals surface area (Å²) in [4.78, 5) is 49.8. The summed E-state index contributed by atoms with van der Waals surface area (Å²) in [6.07, 6.45) is 5.11. The number of thioether (sulfide) groups is 1. The molecule has 224 valence electrons. The second-order valence-corrected chi connectivity index (χ2v) is 11.5. The molecule has 11 nitrogen and oxygen atoms in total. The van der Waals surface area contributed by atoms with Crippen molar-refractivity contribution in [2.75, 3.05) is 37.3 Å². The lowest BCUT2D eigenvalue weighted by atomic mass is 10.1. The van der Waals surface area contributed by atoms with E-state index in [0.29, 0.717) is 63.0 Å². The summed E-state index contributed by atoms with van der Waals surface area (Å²) < 4.78 is 6.80. The van der Waals surface area contributed by atoms with Gasteiger partial charge in [-0.2, -0.15) is 0 Å². The number of anilines is 2. The van der Waals surface area contributed by atoms with Crippen LogP contribution in [0.5, 0.6) is 5.75 Å². The third-order valence-corrected chi connectivity index (χ3v) is 8.21. The van der Waals surface area contributed by atoms with E-state index in [1.54, 1.807) is 61.8 Å². The standard InChI is InChI=1S/C31H29ClN8O3S/c1-18(27-35-23-9-5-8-22(32)24(23)30(42)40(27)20-7-6-14-33-15-20)34-26-25-28(37-31(36-26)44-4)39(17-38(2)29(25)41)16-19-10-12-21(43-3)13-11-19/h5-15,18H,16-17H2,1-4H3,(H,34,36,37)/t18-/m0/s1. The Kier molecular flexibility index (Phi) is 8.11. The van der Waals surface area contributed by atoms with Crippen molar-refractivity contribution in [3.8, 4) is 11.4 Å². The fraction of sp³-hybridized carbons (Fsp3) is 0.226. The van der Waals surface area contributed by atoms with E-state index in [1.165, 1.54) is 16.3 Å². The van der Waals surface area contributed by atoms with E-state index in [1.807, 2.05) is 42.3 Å². The minimum atomic E-state index is -0.574. The number of aromatic nitrogens is 5. The van der Waals surface area contributed by atoms with Crippen LogP contribution < -0.4 is 20.5 Å². The van der Waals surface area contributed by atoms with E-state index in [2.05, 4.69) is 10.3 Å².